The molecule has 6 N–H and O–H groups in total. The summed E-state index contributed by atoms with van der Waals surface area (Å²) in [6, 6.07) is -1.74. The van der Waals surface area contributed by atoms with Gasteiger partial charge in [-0.25, -0.2) is 9.18 Å². The maximum absolute atomic E-state index is 14.1. The summed E-state index contributed by atoms with van der Waals surface area (Å²) in [4.78, 5) is 21.9. The average molecular weight is 329 g/mol. The van der Waals surface area contributed by atoms with Crippen LogP contribution in [0.25, 0.3) is 0 Å². The van der Waals surface area contributed by atoms with E-state index in [9.17, 15) is 33.7 Å². The van der Waals surface area contributed by atoms with Crippen LogP contribution >= 0.6 is 0 Å². The Hall–Kier alpha value is -1.40. The van der Waals surface area contributed by atoms with Gasteiger partial charge in [-0.2, -0.15) is 4.39 Å². The number of nitrogens with one attached hydrogen (secondary N) is 1. The largest absolute Gasteiger partial charge is 0.477 e. The number of carboxylic acid groups (broad SMARTS) is 1. The summed E-state index contributed by atoms with van der Waals surface area (Å²) in [6.45, 7) is -0.0321. The molecule has 0 aromatic heterocycles. The molecule has 3 unspecified atom stereocenters. The molecule has 0 radical (unpaired) electrons. The fourth-order valence-electron chi connectivity index (χ4n) is 2.11. The van der Waals surface area contributed by atoms with Gasteiger partial charge in [0.2, 0.25) is 5.91 Å². The molecule has 0 saturated carbocycles. The van der Waals surface area contributed by atoms with Gasteiger partial charge in [0.05, 0.1) is 12.6 Å². The fourth-order valence-corrected chi connectivity index (χ4v) is 2.11. The lowest BCUT2D eigenvalue weighted by Crippen LogP contribution is -2.71. The van der Waals surface area contributed by atoms with E-state index in [0.717, 1.165) is 6.92 Å². The van der Waals surface area contributed by atoms with Crippen molar-refractivity contribution in [1.82, 2.24) is 5.32 Å². The predicted octanol–water partition coefficient (Wildman–Crippen LogP) is -2.95. The lowest BCUT2D eigenvalue weighted by Gasteiger charge is -2.45. The van der Waals surface area contributed by atoms with Gasteiger partial charge in [-0.3, -0.25) is 4.79 Å². The molecule has 9 nitrogen and oxygen atoms in total. The highest BCUT2D eigenvalue weighted by Crippen LogP contribution is 2.35. The van der Waals surface area contributed by atoms with Crippen molar-refractivity contribution < 1.29 is 48.6 Å². The van der Waals surface area contributed by atoms with E-state index in [1.807, 2.05) is 5.32 Å². The number of carbonyl (C=O) groups is 2. The first-order valence-corrected chi connectivity index (χ1v) is 6.22. The number of hydrogen-bond acceptors (Lipinski definition) is 7. The Labute approximate surface area is 123 Å². The Balaban J connectivity index is 3.19. The lowest BCUT2D eigenvalue weighted by atomic mass is 9.88. The smallest absolute Gasteiger partial charge is 0.372 e. The minimum Gasteiger partial charge on any atom is -0.477 e. The Morgan fingerprint density at radius 3 is 2.36 bits per heavy atom. The van der Waals surface area contributed by atoms with Crippen LogP contribution in [0.4, 0.5) is 8.78 Å². The number of carboxylic acids is 1. The highest BCUT2D eigenvalue weighted by atomic mass is 19.2. The second kappa shape index (κ2) is 6.79. The van der Waals surface area contributed by atoms with Crippen molar-refractivity contribution in [3.8, 4) is 0 Å². The molecule has 0 bridgehead atoms. The van der Waals surface area contributed by atoms with Crippen molar-refractivity contribution in [3.63, 3.8) is 0 Å². The maximum Gasteiger partial charge on any atom is 0.372 e. The van der Waals surface area contributed by atoms with Crippen LogP contribution < -0.4 is 5.32 Å². The standard InChI is InChI=1S/C11H17F2NO8/c1-3(16)14-5-7(19)9(12)11(13,10(20)21)22-8(5)6(18)4(17)2-15/h4-9,15,17-19H,2H2,1H3,(H,14,16)(H,20,21)/t4-,5-,6-,7?,8?,9?,11-/m1/s1. The summed E-state index contributed by atoms with van der Waals surface area (Å²) >= 11 is 0. The number of ether oxygens (including phenoxy) is 1. The minimum absolute atomic E-state index is 0.808. The first kappa shape index (κ1) is 18.6. The van der Waals surface area contributed by atoms with Gasteiger partial charge < -0.3 is 35.6 Å². The van der Waals surface area contributed by atoms with Crippen LogP contribution in [0.3, 0.4) is 0 Å². The molecule has 1 amide bonds. The second-order valence-electron chi connectivity index (χ2n) is 4.89. The van der Waals surface area contributed by atoms with Crippen LogP contribution in [-0.2, 0) is 14.3 Å². The number of amides is 1. The van der Waals surface area contributed by atoms with Crippen molar-refractivity contribution in [1.29, 1.82) is 0 Å². The summed E-state index contributed by atoms with van der Waals surface area (Å²) in [5, 5.41) is 48.3. The molecule has 1 rings (SSSR count). The van der Waals surface area contributed by atoms with Crippen LogP contribution in [0, 0.1) is 0 Å². The van der Waals surface area contributed by atoms with Crippen LogP contribution in [-0.4, -0.2) is 86.5 Å². The first-order valence-electron chi connectivity index (χ1n) is 6.22. The molecule has 0 aromatic rings. The highest BCUT2D eigenvalue weighted by molar-refractivity contribution is 5.77. The molecule has 1 fully saturated rings. The Morgan fingerprint density at radius 2 is 1.95 bits per heavy atom. The topological polar surface area (TPSA) is 157 Å². The molecule has 0 aromatic carbocycles. The van der Waals surface area contributed by atoms with Crippen LogP contribution in [0.1, 0.15) is 6.92 Å². The number of aliphatic hydroxyl groups is 4. The summed E-state index contributed by atoms with van der Waals surface area (Å²) in [5.41, 5.74) is 0. The molecule has 0 spiro atoms. The van der Waals surface area contributed by atoms with Crippen LogP contribution in [0.2, 0.25) is 0 Å². The molecule has 7 atom stereocenters. The van der Waals surface area contributed by atoms with Crippen molar-refractivity contribution >= 4 is 11.9 Å². The number of hydrogen-bond donors (Lipinski definition) is 6. The van der Waals surface area contributed by atoms with E-state index >= 15 is 0 Å². The highest BCUT2D eigenvalue weighted by Gasteiger charge is 2.62. The number of carbonyl (C=O) groups excluding carboxylic acids is 1. The Kier molecular flexibility index (Phi) is 5.76. The molecule has 1 aliphatic rings. The zero-order chi connectivity index (χ0) is 17.2. The minimum atomic E-state index is -3.99. The van der Waals surface area contributed by atoms with E-state index in [1.165, 1.54) is 0 Å². The number of aliphatic hydroxyl groups excluding tert-OH is 4. The van der Waals surface area contributed by atoms with E-state index in [2.05, 4.69) is 4.74 Å². The van der Waals surface area contributed by atoms with Gasteiger partial charge in [0.15, 0.2) is 6.17 Å². The number of alkyl halides is 2. The van der Waals surface area contributed by atoms with E-state index in [0.29, 0.717) is 0 Å². The van der Waals surface area contributed by atoms with Gasteiger partial charge in [0.1, 0.15) is 24.4 Å². The van der Waals surface area contributed by atoms with E-state index in [4.69, 9.17) is 10.2 Å². The third-order valence-corrected chi connectivity index (χ3v) is 3.26. The monoisotopic (exact) mass is 329 g/mol. The normalized spacial score (nSPS) is 38.1. The van der Waals surface area contributed by atoms with E-state index in [1.54, 1.807) is 0 Å². The van der Waals surface area contributed by atoms with Crippen molar-refractivity contribution in [3.05, 3.63) is 0 Å². The number of aliphatic carboxylic acids is 1. The van der Waals surface area contributed by atoms with Crippen molar-refractivity contribution in [2.24, 2.45) is 0 Å². The predicted molar refractivity (Wildman–Crippen MR) is 64.0 cm³/mol. The van der Waals surface area contributed by atoms with Gasteiger partial charge in [-0.15, -0.1) is 0 Å². The number of rotatable bonds is 5. The number of halogens is 2. The summed E-state index contributed by atoms with van der Waals surface area (Å²) in [6.07, 6.45) is -11.4. The molecule has 0 aliphatic carbocycles. The molecular weight excluding hydrogens is 312 g/mol. The van der Waals surface area contributed by atoms with Crippen molar-refractivity contribution in [2.75, 3.05) is 6.61 Å². The van der Waals surface area contributed by atoms with Gasteiger partial charge in [-0.05, 0) is 0 Å². The molecule has 1 saturated heterocycles. The summed E-state index contributed by atoms with van der Waals surface area (Å²) in [5.74, 6) is -7.19. The lowest BCUT2D eigenvalue weighted by molar-refractivity contribution is -0.293. The van der Waals surface area contributed by atoms with Crippen LogP contribution in [0.15, 0.2) is 0 Å². The third-order valence-electron chi connectivity index (χ3n) is 3.26. The third kappa shape index (κ3) is 3.33. The summed E-state index contributed by atoms with van der Waals surface area (Å²) in [7, 11) is 0. The molecule has 1 aliphatic heterocycles. The van der Waals surface area contributed by atoms with Gasteiger partial charge in [-0.1, -0.05) is 0 Å². The van der Waals surface area contributed by atoms with Gasteiger partial charge >= 0.3 is 11.8 Å². The molecule has 128 valence electrons. The SMILES string of the molecule is CC(=O)N[C@@H]1C(O)C(F)[C@](F)(C(=O)O)OC1[C@H](O)[C@H](O)CO. The fraction of sp³-hybridized carbons (Fsp3) is 0.818. The Bertz CT molecular complexity index is 438. The Morgan fingerprint density at radius 1 is 1.41 bits per heavy atom. The maximum atomic E-state index is 14.1. The molecule has 22 heavy (non-hydrogen) atoms. The quantitative estimate of drug-likeness (QED) is 0.313. The first-order chi connectivity index (χ1) is 10.1. The van der Waals surface area contributed by atoms with E-state index < -0.39 is 61.0 Å². The molecule has 1 heterocycles. The van der Waals surface area contributed by atoms with Crippen molar-refractivity contribution in [2.45, 2.75) is 49.4 Å². The summed E-state index contributed by atoms with van der Waals surface area (Å²) < 4.78 is 32.3. The molecular formula is C11H17F2NO8. The zero-order valence-corrected chi connectivity index (χ0v) is 11.4. The zero-order valence-electron chi connectivity index (χ0n) is 11.4. The van der Waals surface area contributed by atoms with E-state index in [-0.39, 0.29) is 0 Å². The second-order valence-corrected chi connectivity index (χ2v) is 4.89. The van der Waals surface area contributed by atoms with Crippen LogP contribution in [0.5, 0.6) is 0 Å². The van der Waals surface area contributed by atoms with Gasteiger partial charge in [0.25, 0.3) is 0 Å². The average Bonchev–Trinajstić information content (AvgIpc) is 2.45. The van der Waals surface area contributed by atoms with Gasteiger partial charge in [0, 0.05) is 6.92 Å². The molecule has 11 heteroatoms.